The van der Waals surface area contributed by atoms with E-state index in [4.69, 9.17) is 16.7 Å². The van der Waals surface area contributed by atoms with E-state index in [-0.39, 0.29) is 6.10 Å². The third kappa shape index (κ3) is 2.31. The SMILES string of the molecule is C[C@@H](O)CNCc1c(Cl)nc2sccn12. The summed E-state index contributed by atoms with van der Waals surface area (Å²) in [5.41, 5.74) is 0.938. The normalized spacial score (nSPS) is 13.5. The number of nitrogens with one attached hydrogen (secondary N) is 1. The average molecular weight is 246 g/mol. The van der Waals surface area contributed by atoms with Gasteiger partial charge in [-0.15, -0.1) is 11.3 Å². The summed E-state index contributed by atoms with van der Waals surface area (Å²) >= 11 is 7.55. The highest BCUT2D eigenvalue weighted by molar-refractivity contribution is 7.15. The zero-order valence-electron chi connectivity index (χ0n) is 8.27. The van der Waals surface area contributed by atoms with Crippen molar-refractivity contribution in [2.75, 3.05) is 6.54 Å². The fourth-order valence-electron chi connectivity index (χ4n) is 1.36. The first-order valence-corrected chi connectivity index (χ1v) is 5.93. The molecule has 2 rings (SSSR count). The van der Waals surface area contributed by atoms with Crippen molar-refractivity contribution in [1.29, 1.82) is 0 Å². The molecule has 82 valence electrons. The zero-order valence-corrected chi connectivity index (χ0v) is 9.85. The minimum absolute atomic E-state index is 0.352. The number of hydrogen-bond acceptors (Lipinski definition) is 4. The Labute approximate surface area is 96.5 Å². The van der Waals surface area contributed by atoms with Crippen LogP contribution in [0.3, 0.4) is 0 Å². The van der Waals surface area contributed by atoms with Gasteiger partial charge in [0.25, 0.3) is 0 Å². The van der Waals surface area contributed by atoms with Gasteiger partial charge in [-0.05, 0) is 6.92 Å². The van der Waals surface area contributed by atoms with Crippen molar-refractivity contribution in [3.63, 3.8) is 0 Å². The van der Waals surface area contributed by atoms with E-state index >= 15 is 0 Å². The van der Waals surface area contributed by atoms with Crippen LogP contribution in [0.2, 0.25) is 5.15 Å². The Kier molecular flexibility index (Phi) is 3.25. The molecule has 4 nitrogen and oxygen atoms in total. The van der Waals surface area contributed by atoms with Crippen LogP contribution in [0.4, 0.5) is 0 Å². The molecular formula is C9H12ClN3OS. The van der Waals surface area contributed by atoms with Gasteiger partial charge in [-0.2, -0.15) is 0 Å². The molecule has 2 N–H and O–H groups in total. The molecule has 0 amide bonds. The predicted octanol–water partition coefficient (Wildman–Crippen LogP) is 1.52. The van der Waals surface area contributed by atoms with E-state index < -0.39 is 0 Å². The second kappa shape index (κ2) is 4.49. The molecule has 0 saturated carbocycles. The van der Waals surface area contributed by atoms with Crippen molar-refractivity contribution in [1.82, 2.24) is 14.7 Å². The summed E-state index contributed by atoms with van der Waals surface area (Å²) in [5.74, 6) is 0. The van der Waals surface area contributed by atoms with Crippen LogP contribution in [0.1, 0.15) is 12.6 Å². The van der Waals surface area contributed by atoms with Crippen LogP contribution in [-0.2, 0) is 6.54 Å². The van der Waals surface area contributed by atoms with E-state index in [1.54, 1.807) is 18.3 Å². The minimum Gasteiger partial charge on any atom is -0.392 e. The van der Waals surface area contributed by atoms with Crippen LogP contribution >= 0.6 is 22.9 Å². The van der Waals surface area contributed by atoms with Gasteiger partial charge in [-0.25, -0.2) is 4.98 Å². The molecular weight excluding hydrogens is 234 g/mol. The lowest BCUT2D eigenvalue weighted by molar-refractivity contribution is 0.191. The first-order valence-electron chi connectivity index (χ1n) is 4.67. The molecule has 0 radical (unpaired) electrons. The Morgan fingerprint density at radius 3 is 3.27 bits per heavy atom. The molecule has 0 bridgehead atoms. The van der Waals surface area contributed by atoms with E-state index in [0.717, 1.165) is 10.7 Å². The van der Waals surface area contributed by atoms with Gasteiger partial charge in [-0.1, -0.05) is 11.6 Å². The monoisotopic (exact) mass is 245 g/mol. The Balaban J connectivity index is 2.12. The second-order valence-corrected chi connectivity index (χ2v) is 4.62. The van der Waals surface area contributed by atoms with E-state index in [0.29, 0.717) is 18.2 Å². The Morgan fingerprint density at radius 1 is 1.73 bits per heavy atom. The van der Waals surface area contributed by atoms with Gasteiger partial charge < -0.3 is 10.4 Å². The summed E-state index contributed by atoms with van der Waals surface area (Å²) in [6.45, 7) is 2.90. The standard InChI is InChI=1S/C9H12ClN3OS/c1-6(14)4-11-5-7-8(10)12-9-13(7)2-3-15-9/h2-3,6,11,14H,4-5H2,1H3/t6-/m1/s1. The van der Waals surface area contributed by atoms with Gasteiger partial charge in [-0.3, -0.25) is 4.40 Å². The van der Waals surface area contributed by atoms with E-state index in [2.05, 4.69) is 10.3 Å². The molecule has 0 saturated heterocycles. The van der Waals surface area contributed by atoms with Crippen molar-refractivity contribution >= 4 is 27.9 Å². The lowest BCUT2D eigenvalue weighted by atomic mass is 10.4. The van der Waals surface area contributed by atoms with E-state index in [9.17, 15) is 0 Å². The molecule has 0 aliphatic heterocycles. The fourth-order valence-corrected chi connectivity index (χ4v) is 2.38. The number of thiazole rings is 1. The summed E-state index contributed by atoms with van der Waals surface area (Å²) in [6.07, 6.45) is 1.59. The van der Waals surface area contributed by atoms with Crippen LogP contribution in [0.15, 0.2) is 11.6 Å². The Hall–Kier alpha value is -0.620. The van der Waals surface area contributed by atoms with Crippen LogP contribution in [0.5, 0.6) is 0 Å². The number of halogens is 1. The number of imidazole rings is 1. The lowest BCUT2D eigenvalue weighted by Crippen LogP contribution is -2.24. The van der Waals surface area contributed by atoms with Gasteiger partial charge in [0.15, 0.2) is 10.1 Å². The van der Waals surface area contributed by atoms with Gasteiger partial charge in [0.05, 0.1) is 11.8 Å². The maximum absolute atomic E-state index is 9.11. The number of aliphatic hydroxyl groups is 1. The maximum atomic E-state index is 9.11. The van der Waals surface area contributed by atoms with Crippen molar-refractivity contribution in [3.8, 4) is 0 Å². The first kappa shape index (κ1) is 10.9. The first-order chi connectivity index (χ1) is 7.18. The van der Waals surface area contributed by atoms with Crippen LogP contribution < -0.4 is 5.32 Å². The molecule has 2 heterocycles. The van der Waals surface area contributed by atoms with Gasteiger partial charge in [0.1, 0.15) is 0 Å². The molecule has 6 heteroatoms. The highest BCUT2D eigenvalue weighted by Crippen LogP contribution is 2.20. The smallest absolute Gasteiger partial charge is 0.195 e. The van der Waals surface area contributed by atoms with Crippen LogP contribution in [0, 0.1) is 0 Å². The number of nitrogens with zero attached hydrogens (tertiary/aromatic N) is 2. The quantitative estimate of drug-likeness (QED) is 0.859. The van der Waals surface area contributed by atoms with Crippen molar-refractivity contribution in [2.45, 2.75) is 19.6 Å². The van der Waals surface area contributed by atoms with Crippen molar-refractivity contribution in [3.05, 3.63) is 22.4 Å². The summed E-state index contributed by atoms with van der Waals surface area (Å²) in [5, 5.41) is 14.7. The predicted molar refractivity (Wildman–Crippen MR) is 61.5 cm³/mol. The topological polar surface area (TPSA) is 49.6 Å². The fraction of sp³-hybridized carbons (Fsp3) is 0.444. The van der Waals surface area contributed by atoms with Gasteiger partial charge in [0.2, 0.25) is 0 Å². The largest absolute Gasteiger partial charge is 0.392 e. The zero-order chi connectivity index (χ0) is 10.8. The molecule has 1 atom stereocenters. The summed E-state index contributed by atoms with van der Waals surface area (Å²) < 4.78 is 1.96. The van der Waals surface area contributed by atoms with E-state index in [1.165, 1.54) is 0 Å². The number of hydrogen-bond donors (Lipinski definition) is 2. The molecule has 0 aromatic carbocycles. The molecule has 0 aliphatic rings. The molecule has 2 aromatic rings. The molecule has 2 aromatic heterocycles. The molecule has 0 unspecified atom stereocenters. The van der Waals surface area contributed by atoms with Gasteiger partial charge >= 0.3 is 0 Å². The average Bonchev–Trinajstić information content (AvgIpc) is 2.68. The summed E-state index contributed by atoms with van der Waals surface area (Å²) in [4.78, 5) is 5.11. The van der Waals surface area contributed by atoms with Crippen LogP contribution in [0.25, 0.3) is 4.96 Å². The molecule has 0 spiro atoms. The van der Waals surface area contributed by atoms with Gasteiger partial charge in [0, 0.05) is 24.7 Å². The summed E-state index contributed by atoms with van der Waals surface area (Å²) in [7, 11) is 0. The van der Waals surface area contributed by atoms with E-state index in [1.807, 2.05) is 16.0 Å². The third-order valence-electron chi connectivity index (χ3n) is 2.04. The number of aromatic nitrogens is 2. The minimum atomic E-state index is -0.352. The number of aliphatic hydroxyl groups excluding tert-OH is 1. The van der Waals surface area contributed by atoms with Crippen molar-refractivity contribution in [2.24, 2.45) is 0 Å². The molecule has 0 fully saturated rings. The lowest BCUT2D eigenvalue weighted by Gasteiger charge is -2.06. The Bertz CT molecular complexity index is 451. The highest BCUT2D eigenvalue weighted by atomic mass is 35.5. The van der Waals surface area contributed by atoms with Crippen molar-refractivity contribution < 1.29 is 5.11 Å². The second-order valence-electron chi connectivity index (χ2n) is 3.38. The molecule has 15 heavy (non-hydrogen) atoms. The van der Waals surface area contributed by atoms with Crippen LogP contribution in [-0.4, -0.2) is 27.1 Å². The highest BCUT2D eigenvalue weighted by Gasteiger charge is 2.10. The third-order valence-corrected chi connectivity index (χ3v) is 3.10. The number of rotatable bonds is 4. The molecule has 0 aliphatic carbocycles. The number of fused-ring (bicyclic) bond motifs is 1. The Morgan fingerprint density at radius 2 is 2.53 bits per heavy atom. The summed E-state index contributed by atoms with van der Waals surface area (Å²) in [6, 6.07) is 0. The maximum Gasteiger partial charge on any atom is 0.195 e.